The maximum absolute atomic E-state index is 11.0. The first-order valence-corrected chi connectivity index (χ1v) is 9.91. The summed E-state index contributed by atoms with van der Waals surface area (Å²) in [5, 5.41) is 28.9. The number of allylic oxidation sites excluding steroid dienone is 1. The molecule has 0 aliphatic rings. The molecular weight excluding hydrogens is 350 g/mol. The smallest absolute Gasteiger partial charge is 0.309 e. The van der Waals surface area contributed by atoms with Gasteiger partial charge in [-0.2, -0.15) is 0 Å². The van der Waals surface area contributed by atoms with Gasteiger partial charge in [0.15, 0.2) is 0 Å². The first kappa shape index (κ1) is 25.1. The molecule has 27 heavy (non-hydrogen) atoms. The maximum atomic E-state index is 11.0. The standard InChI is InChI=1S/C20H35NO6/c1-2-3-4-5-6-7-8-9-10-14-21(15-11-18(22)23,16-12-19(24)25)17-13-20(26)27/h2H,1,3-17H2,(H2-,22,23,24,25,26,27). The van der Waals surface area contributed by atoms with E-state index in [2.05, 4.69) is 6.58 Å². The molecule has 0 aromatic rings. The SMILES string of the molecule is C=CCCCCCCCCC[N+](CCC(=O)[O-])(CCC(=O)O)CCC(=O)O. The lowest BCUT2D eigenvalue weighted by atomic mass is 10.1. The molecule has 0 radical (unpaired) electrons. The van der Waals surface area contributed by atoms with Gasteiger partial charge in [0.05, 0.1) is 39.0 Å². The van der Waals surface area contributed by atoms with E-state index < -0.39 is 17.9 Å². The third-order valence-corrected chi connectivity index (χ3v) is 4.93. The van der Waals surface area contributed by atoms with Crippen molar-refractivity contribution in [3.8, 4) is 0 Å². The minimum atomic E-state index is -1.19. The summed E-state index contributed by atoms with van der Waals surface area (Å²) in [7, 11) is 0. The molecule has 0 aromatic heterocycles. The van der Waals surface area contributed by atoms with Gasteiger partial charge < -0.3 is 24.6 Å². The molecule has 0 aromatic carbocycles. The van der Waals surface area contributed by atoms with Crippen LogP contribution < -0.4 is 5.11 Å². The van der Waals surface area contributed by atoms with Gasteiger partial charge in [-0.3, -0.25) is 9.59 Å². The minimum absolute atomic E-state index is 0.101. The zero-order valence-corrected chi connectivity index (χ0v) is 16.4. The Morgan fingerprint density at radius 2 is 1.19 bits per heavy atom. The number of hydrogen-bond acceptors (Lipinski definition) is 4. The number of unbranched alkanes of at least 4 members (excludes halogenated alkanes) is 7. The van der Waals surface area contributed by atoms with Crippen molar-refractivity contribution in [2.75, 3.05) is 26.2 Å². The Bertz CT molecular complexity index is 418. The molecule has 0 heterocycles. The van der Waals surface area contributed by atoms with Crippen LogP contribution in [0.4, 0.5) is 0 Å². The molecule has 0 aliphatic heterocycles. The van der Waals surface area contributed by atoms with E-state index in [4.69, 9.17) is 10.2 Å². The van der Waals surface area contributed by atoms with E-state index in [0.717, 1.165) is 38.5 Å². The number of carboxylic acid groups (broad SMARTS) is 3. The molecule has 0 spiro atoms. The van der Waals surface area contributed by atoms with Crippen LogP contribution in [0.2, 0.25) is 0 Å². The van der Waals surface area contributed by atoms with E-state index in [1.165, 1.54) is 12.8 Å². The molecule has 0 aliphatic carbocycles. The third kappa shape index (κ3) is 14.9. The fourth-order valence-electron chi connectivity index (χ4n) is 3.28. The van der Waals surface area contributed by atoms with Crippen LogP contribution in [0.1, 0.15) is 70.6 Å². The zero-order valence-electron chi connectivity index (χ0n) is 16.4. The van der Waals surface area contributed by atoms with Crippen LogP contribution in [0, 0.1) is 0 Å². The highest BCUT2D eigenvalue weighted by atomic mass is 16.4. The Hall–Kier alpha value is -1.89. The molecule has 7 heteroatoms. The van der Waals surface area contributed by atoms with Crippen molar-refractivity contribution in [1.82, 2.24) is 0 Å². The topological polar surface area (TPSA) is 115 Å². The third-order valence-electron chi connectivity index (χ3n) is 4.93. The molecule has 0 fully saturated rings. The fourth-order valence-corrected chi connectivity index (χ4v) is 3.28. The van der Waals surface area contributed by atoms with Crippen LogP contribution in [0.3, 0.4) is 0 Å². The molecule has 7 nitrogen and oxygen atoms in total. The second kappa shape index (κ2) is 15.2. The van der Waals surface area contributed by atoms with Crippen molar-refractivity contribution in [2.45, 2.75) is 70.6 Å². The van der Waals surface area contributed by atoms with Gasteiger partial charge in [-0.25, -0.2) is 0 Å². The highest BCUT2D eigenvalue weighted by molar-refractivity contribution is 5.67. The van der Waals surface area contributed by atoms with E-state index in [1.54, 1.807) is 0 Å². The molecule has 0 atom stereocenters. The van der Waals surface area contributed by atoms with Crippen molar-refractivity contribution in [3.05, 3.63) is 12.7 Å². The number of quaternary nitrogens is 1. The Labute approximate surface area is 162 Å². The highest BCUT2D eigenvalue weighted by Gasteiger charge is 2.28. The molecule has 0 saturated heterocycles. The van der Waals surface area contributed by atoms with E-state index in [0.29, 0.717) is 6.54 Å². The normalized spacial score (nSPS) is 11.3. The van der Waals surface area contributed by atoms with E-state index in [9.17, 15) is 19.5 Å². The Kier molecular flexibility index (Phi) is 14.1. The monoisotopic (exact) mass is 385 g/mol. The van der Waals surface area contributed by atoms with Crippen molar-refractivity contribution in [1.29, 1.82) is 0 Å². The van der Waals surface area contributed by atoms with Crippen LogP contribution in [0.15, 0.2) is 12.7 Å². The average Bonchev–Trinajstić information content (AvgIpc) is 2.61. The minimum Gasteiger partial charge on any atom is -0.550 e. The average molecular weight is 386 g/mol. The van der Waals surface area contributed by atoms with Crippen LogP contribution in [-0.2, 0) is 14.4 Å². The first-order valence-electron chi connectivity index (χ1n) is 9.91. The van der Waals surface area contributed by atoms with Crippen molar-refractivity contribution in [3.63, 3.8) is 0 Å². The number of carbonyl (C=O) groups excluding carboxylic acids is 1. The second-order valence-corrected chi connectivity index (χ2v) is 7.20. The number of rotatable bonds is 19. The van der Waals surface area contributed by atoms with Gasteiger partial charge >= 0.3 is 11.9 Å². The summed E-state index contributed by atoms with van der Waals surface area (Å²) in [5.74, 6) is -3.11. The fraction of sp³-hybridized carbons (Fsp3) is 0.750. The lowest BCUT2D eigenvalue weighted by molar-refractivity contribution is -0.927. The van der Waals surface area contributed by atoms with Gasteiger partial charge in [0.25, 0.3) is 0 Å². The number of nitrogens with zero attached hydrogens (tertiary/aromatic N) is 1. The van der Waals surface area contributed by atoms with Crippen molar-refractivity contribution < 1.29 is 34.2 Å². The molecule has 0 rings (SSSR count). The number of carboxylic acids is 3. The molecule has 2 N–H and O–H groups in total. The molecule has 0 unspecified atom stereocenters. The van der Waals surface area contributed by atoms with Gasteiger partial charge in [-0.1, -0.05) is 31.8 Å². The molecule has 0 amide bonds. The molecule has 0 saturated carbocycles. The summed E-state index contributed by atoms with van der Waals surface area (Å²) in [4.78, 5) is 32.9. The molecule has 156 valence electrons. The second-order valence-electron chi connectivity index (χ2n) is 7.20. The van der Waals surface area contributed by atoms with Gasteiger partial charge in [-0.05, 0) is 25.7 Å². The van der Waals surface area contributed by atoms with Crippen molar-refractivity contribution in [2.24, 2.45) is 0 Å². The summed E-state index contributed by atoms with van der Waals surface area (Å²) in [5.41, 5.74) is 0. The van der Waals surface area contributed by atoms with Crippen LogP contribution in [0.5, 0.6) is 0 Å². The molecular formula is C20H35NO6. The summed E-state index contributed by atoms with van der Waals surface area (Å²) < 4.78 is 0.214. The highest BCUT2D eigenvalue weighted by Crippen LogP contribution is 2.16. The molecule has 0 bridgehead atoms. The van der Waals surface area contributed by atoms with Crippen molar-refractivity contribution >= 4 is 17.9 Å². The number of carbonyl (C=O) groups is 3. The summed E-state index contributed by atoms with van der Waals surface area (Å²) in [6.45, 7) is 5.01. The summed E-state index contributed by atoms with van der Waals surface area (Å²) in [6.07, 6.45) is 10.1. The summed E-state index contributed by atoms with van der Waals surface area (Å²) in [6, 6.07) is 0. The predicted molar refractivity (Wildman–Crippen MR) is 101 cm³/mol. The summed E-state index contributed by atoms with van der Waals surface area (Å²) >= 11 is 0. The van der Waals surface area contributed by atoms with E-state index in [1.807, 2.05) is 6.08 Å². The van der Waals surface area contributed by atoms with Gasteiger partial charge in [0.2, 0.25) is 0 Å². The lowest BCUT2D eigenvalue weighted by Crippen LogP contribution is -2.53. The predicted octanol–water partition coefficient (Wildman–Crippen LogP) is 2.20. The number of hydrogen-bond donors (Lipinski definition) is 2. The van der Waals surface area contributed by atoms with E-state index >= 15 is 0 Å². The van der Waals surface area contributed by atoms with Gasteiger partial charge in [0.1, 0.15) is 0 Å². The number of aliphatic carboxylic acids is 3. The van der Waals surface area contributed by atoms with E-state index in [-0.39, 0.29) is 43.4 Å². The van der Waals surface area contributed by atoms with Gasteiger partial charge in [0, 0.05) is 12.4 Å². The maximum Gasteiger partial charge on any atom is 0.309 e. The first-order chi connectivity index (χ1) is 12.8. The zero-order chi connectivity index (χ0) is 20.5. The van der Waals surface area contributed by atoms with Crippen LogP contribution >= 0.6 is 0 Å². The van der Waals surface area contributed by atoms with Crippen LogP contribution in [-0.4, -0.2) is 58.8 Å². The lowest BCUT2D eigenvalue weighted by Gasteiger charge is -2.38. The quantitative estimate of drug-likeness (QED) is 0.200. The van der Waals surface area contributed by atoms with Crippen LogP contribution in [0.25, 0.3) is 0 Å². The Morgan fingerprint density at radius 3 is 1.63 bits per heavy atom. The Morgan fingerprint density at radius 1 is 0.741 bits per heavy atom. The van der Waals surface area contributed by atoms with Gasteiger partial charge in [-0.15, -0.1) is 6.58 Å². The Balaban J connectivity index is 4.53. The largest absolute Gasteiger partial charge is 0.550 e.